The number of aromatic nitrogens is 4. The molecule has 0 bridgehead atoms. The molecule has 2 N–H and O–H groups in total. The Morgan fingerprint density at radius 1 is 1.24 bits per heavy atom. The third-order valence-corrected chi connectivity index (χ3v) is 3.72. The SMILES string of the molecule is Cc1ccc(-n2cnnn2)cc1NC(=O)NCCc1ccccc1F. The highest BCUT2D eigenvalue weighted by Crippen LogP contribution is 2.18. The van der Waals surface area contributed by atoms with E-state index in [0.29, 0.717) is 24.2 Å². The van der Waals surface area contributed by atoms with Crippen molar-refractivity contribution in [2.45, 2.75) is 13.3 Å². The molecule has 0 spiro atoms. The number of aryl methyl sites for hydroxylation is 1. The van der Waals surface area contributed by atoms with E-state index in [1.165, 1.54) is 17.1 Å². The number of nitrogens with one attached hydrogen (secondary N) is 2. The average molecular weight is 340 g/mol. The van der Waals surface area contributed by atoms with Crippen LogP contribution in [0.5, 0.6) is 0 Å². The smallest absolute Gasteiger partial charge is 0.319 e. The molecule has 0 aliphatic carbocycles. The number of carbonyl (C=O) groups excluding carboxylic acids is 1. The zero-order valence-corrected chi connectivity index (χ0v) is 13.6. The van der Waals surface area contributed by atoms with Gasteiger partial charge in [0.05, 0.1) is 5.69 Å². The van der Waals surface area contributed by atoms with E-state index in [2.05, 4.69) is 26.2 Å². The lowest BCUT2D eigenvalue weighted by Gasteiger charge is -2.11. The lowest BCUT2D eigenvalue weighted by Crippen LogP contribution is -2.30. The van der Waals surface area contributed by atoms with Gasteiger partial charge in [-0.25, -0.2) is 13.9 Å². The van der Waals surface area contributed by atoms with Crippen LogP contribution >= 0.6 is 0 Å². The van der Waals surface area contributed by atoms with Crippen LogP contribution in [0.4, 0.5) is 14.9 Å². The summed E-state index contributed by atoms with van der Waals surface area (Å²) in [5.74, 6) is -0.269. The van der Waals surface area contributed by atoms with E-state index in [9.17, 15) is 9.18 Å². The van der Waals surface area contributed by atoms with Gasteiger partial charge in [0.15, 0.2) is 0 Å². The molecule has 25 heavy (non-hydrogen) atoms. The van der Waals surface area contributed by atoms with E-state index in [0.717, 1.165) is 11.3 Å². The highest BCUT2D eigenvalue weighted by atomic mass is 19.1. The third-order valence-electron chi connectivity index (χ3n) is 3.72. The molecule has 0 saturated heterocycles. The maximum Gasteiger partial charge on any atom is 0.319 e. The van der Waals surface area contributed by atoms with Gasteiger partial charge in [0.1, 0.15) is 12.1 Å². The van der Waals surface area contributed by atoms with Crippen LogP contribution in [0.2, 0.25) is 0 Å². The number of rotatable bonds is 5. The minimum Gasteiger partial charge on any atom is -0.338 e. The number of nitrogens with zero attached hydrogens (tertiary/aromatic N) is 4. The van der Waals surface area contributed by atoms with Gasteiger partial charge in [0.2, 0.25) is 0 Å². The van der Waals surface area contributed by atoms with Gasteiger partial charge < -0.3 is 10.6 Å². The predicted molar refractivity (Wildman–Crippen MR) is 91.0 cm³/mol. The summed E-state index contributed by atoms with van der Waals surface area (Å²) in [7, 11) is 0. The molecule has 0 atom stereocenters. The number of hydrogen-bond acceptors (Lipinski definition) is 4. The van der Waals surface area contributed by atoms with E-state index in [1.807, 2.05) is 19.1 Å². The lowest BCUT2D eigenvalue weighted by atomic mass is 10.1. The van der Waals surface area contributed by atoms with E-state index in [-0.39, 0.29) is 11.8 Å². The third kappa shape index (κ3) is 4.17. The normalized spacial score (nSPS) is 10.5. The first kappa shape index (κ1) is 16.6. The first-order chi connectivity index (χ1) is 12.1. The Morgan fingerprint density at radius 3 is 2.84 bits per heavy atom. The zero-order valence-electron chi connectivity index (χ0n) is 13.6. The van der Waals surface area contributed by atoms with E-state index < -0.39 is 0 Å². The molecule has 0 saturated carbocycles. The number of amides is 2. The molecule has 1 heterocycles. The topological polar surface area (TPSA) is 84.7 Å². The highest BCUT2D eigenvalue weighted by Gasteiger charge is 2.08. The molecule has 3 rings (SSSR count). The Morgan fingerprint density at radius 2 is 2.08 bits per heavy atom. The molecule has 128 valence electrons. The molecule has 8 heteroatoms. The van der Waals surface area contributed by atoms with Crippen molar-refractivity contribution >= 4 is 11.7 Å². The molecule has 2 aromatic carbocycles. The van der Waals surface area contributed by atoms with Gasteiger partial charge in [-0.1, -0.05) is 24.3 Å². The summed E-state index contributed by atoms with van der Waals surface area (Å²) >= 11 is 0. The zero-order chi connectivity index (χ0) is 17.6. The lowest BCUT2D eigenvalue weighted by molar-refractivity contribution is 0.252. The Kier molecular flexibility index (Phi) is 4.98. The van der Waals surface area contributed by atoms with Gasteiger partial charge in [-0.2, -0.15) is 0 Å². The second-order valence-electron chi connectivity index (χ2n) is 5.48. The van der Waals surface area contributed by atoms with Gasteiger partial charge in [-0.3, -0.25) is 0 Å². The van der Waals surface area contributed by atoms with Crippen molar-refractivity contribution in [3.05, 3.63) is 65.7 Å². The minimum atomic E-state index is -0.353. The summed E-state index contributed by atoms with van der Waals surface area (Å²) < 4.78 is 15.0. The standard InChI is InChI=1S/C17H17FN6O/c1-12-6-7-14(24-11-20-22-23-24)10-16(12)21-17(25)19-9-8-13-4-2-3-5-15(13)18/h2-7,10-11H,8-9H2,1H3,(H2,19,21,25). The molecule has 1 aromatic heterocycles. The maximum atomic E-state index is 13.5. The number of anilines is 1. The molecule has 7 nitrogen and oxygen atoms in total. The first-order valence-corrected chi connectivity index (χ1v) is 7.76. The second-order valence-corrected chi connectivity index (χ2v) is 5.48. The highest BCUT2D eigenvalue weighted by molar-refractivity contribution is 5.90. The Labute approximate surface area is 143 Å². The fourth-order valence-corrected chi connectivity index (χ4v) is 2.35. The fraction of sp³-hybridized carbons (Fsp3) is 0.176. The van der Waals surface area contributed by atoms with Crippen LogP contribution in [-0.2, 0) is 6.42 Å². The number of benzene rings is 2. The largest absolute Gasteiger partial charge is 0.338 e. The molecule has 2 amide bonds. The van der Waals surface area contributed by atoms with Crippen LogP contribution in [0, 0.1) is 12.7 Å². The van der Waals surface area contributed by atoms with Crippen LogP contribution in [-0.4, -0.2) is 32.8 Å². The fourth-order valence-electron chi connectivity index (χ4n) is 2.35. The number of tetrazole rings is 1. The first-order valence-electron chi connectivity index (χ1n) is 7.76. The maximum absolute atomic E-state index is 13.5. The van der Waals surface area contributed by atoms with Gasteiger partial charge in [-0.05, 0) is 53.1 Å². The van der Waals surface area contributed by atoms with Crippen molar-refractivity contribution in [1.29, 1.82) is 0 Å². The summed E-state index contributed by atoms with van der Waals surface area (Å²) in [5.41, 5.74) is 2.86. The second kappa shape index (κ2) is 7.52. The quantitative estimate of drug-likeness (QED) is 0.747. The van der Waals surface area contributed by atoms with Crippen molar-refractivity contribution in [3.63, 3.8) is 0 Å². The molecule has 0 fully saturated rings. The molecule has 0 aliphatic rings. The summed E-state index contributed by atoms with van der Waals surface area (Å²) in [5, 5.41) is 16.5. The van der Waals surface area contributed by atoms with E-state index >= 15 is 0 Å². The van der Waals surface area contributed by atoms with Crippen LogP contribution in [0.1, 0.15) is 11.1 Å². The number of carbonyl (C=O) groups is 1. The summed E-state index contributed by atoms with van der Waals surface area (Å²) in [6.07, 6.45) is 1.90. The molecule has 0 radical (unpaired) electrons. The van der Waals surface area contributed by atoms with Gasteiger partial charge in [0, 0.05) is 12.2 Å². The number of urea groups is 1. The Balaban J connectivity index is 1.59. The summed E-state index contributed by atoms with van der Waals surface area (Å²) in [4.78, 5) is 12.1. The van der Waals surface area contributed by atoms with Gasteiger partial charge >= 0.3 is 6.03 Å². The Bertz CT molecular complexity index is 865. The van der Waals surface area contributed by atoms with Crippen molar-refractivity contribution in [1.82, 2.24) is 25.5 Å². The van der Waals surface area contributed by atoms with Crippen LogP contribution in [0.25, 0.3) is 5.69 Å². The van der Waals surface area contributed by atoms with Crippen molar-refractivity contribution in [3.8, 4) is 5.69 Å². The van der Waals surface area contributed by atoms with E-state index in [4.69, 9.17) is 0 Å². The minimum absolute atomic E-state index is 0.269. The average Bonchev–Trinajstić information content (AvgIpc) is 3.13. The van der Waals surface area contributed by atoms with Crippen molar-refractivity contribution in [2.24, 2.45) is 0 Å². The number of halogens is 1. The predicted octanol–water partition coefficient (Wildman–Crippen LogP) is 2.47. The number of hydrogen-bond donors (Lipinski definition) is 2. The van der Waals surface area contributed by atoms with Crippen LogP contribution < -0.4 is 10.6 Å². The van der Waals surface area contributed by atoms with E-state index in [1.54, 1.807) is 24.3 Å². The van der Waals surface area contributed by atoms with Crippen LogP contribution in [0.3, 0.4) is 0 Å². The molecular formula is C17H17FN6O. The molecular weight excluding hydrogens is 323 g/mol. The Hall–Kier alpha value is -3.29. The monoisotopic (exact) mass is 340 g/mol. The van der Waals surface area contributed by atoms with Gasteiger partial charge in [0.25, 0.3) is 0 Å². The van der Waals surface area contributed by atoms with Gasteiger partial charge in [-0.15, -0.1) is 5.10 Å². The summed E-state index contributed by atoms with van der Waals surface area (Å²) in [6, 6.07) is 11.7. The molecule has 3 aromatic rings. The molecule has 0 aliphatic heterocycles. The van der Waals surface area contributed by atoms with Crippen molar-refractivity contribution < 1.29 is 9.18 Å². The van der Waals surface area contributed by atoms with Crippen molar-refractivity contribution in [2.75, 3.05) is 11.9 Å². The van der Waals surface area contributed by atoms with Crippen LogP contribution in [0.15, 0.2) is 48.8 Å². The summed E-state index contributed by atoms with van der Waals surface area (Å²) in [6.45, 7) is 2.22. The molecule has 0 unspecified atom stereocenters.